The highest BCUT2D eigenvalue weighted by Crippen LogP contribution is 2.38. The zero-order chi connectivity index (χ0) is 13.4. The maximum absolute atomic E-state index is 12.1. The molecule has 0 bridgehead atoms. The number of carbonyl (C=O) groups is 1. The number of hydrogen-bond donors (Lipinski definition) is 2. The molecule has 3 N–H and O–H groups in total. The van der Waals surface area contributed by atoms with E-state index in [1.807, 2.05) is 12.2 Å². The first-order valence-electron chi connectivity index (χ1n) is 6.48. The third kappa shape index (κ3) is 2.18. The summed E-state index contributed by atoms with van der Waals surface area (Å²) in [5.41, 5.74) is 7.56. The molecule has 0 saturated heterocycles. The van der Waals surface area contributed by atoms with Crippen LogP contribution in [0, 0.1) is 17.2 Å². The van der Waals surface area contributed by atoms with Gasteiger partial charge >= 0.3 is 0 Å². The molecular weight excluding hydrogens is 258 g/mol. The van der Waals surface area contributed by atoms with Gasteiger partial charge in [-0.15, -0.1) is 11.3 Å². The Balaban J connectivity index is 1.79. The van der Waals surface area contributed by atoms with Crippen LogP contribution in [0.3, 0.4) is 0 Å². The highest BCUT2D eigenvalue weighted by atomic mass is 32.1. The molecule has 2 atom stereocenters. The van der Waals surface area contributed by atoms with Crippen molar-refractivity contribution in [2.45, 2.75) is 31.7 Å². The third-order valence-electron chi connectivity index (χ3n) is 3.72. The van der Waals surface area contributed by atoms with Gasteiger partial charge in [-0.3, -0.25) is 4.79 Å². The Kier molecular flexibility index (Phi) is 3.13. The van der Waals surface area contributed by atoms with Crippen molar-refractivity contribution in [3.63, 3.8) is 0 Å². The summed E-state index contributed by atoms with van der Waals surface area (Å²) in [4.78, 5) is 13.4. The van der Waals surface area contributed by atoms with Gasteiger partial charge in [-0.25, -0.2) is 0 Å². The van der Waals surface area contributed by atoms with Gasteiger partial charge in [0.1, 0.15) is 11.1 Å². The highest BCUT2D eigenvalue weighted by Gasteiger charge is 2.26. The topological polar surface area (TPSA) is 78.9 Å². The zero-order valence-electron chi connectivity index (χ0n) is 10.5. The third-order valence-corrected chi connectivity index (χ3v) is 4.93. The second kappa shape index (κ2) is 4.80. The molecule has 1 heterocycles. The van der Waals surface area contributed by atoms with E-state index in [4.69, 9.17) is 5.73 Å². The summed E-state index contributed by atoms with van der Waals surface area (Å²) >= 11 is 1.55. The van der Waals surface area contributed by atoms with E-state index in [9.17, 15) is 10.1 Å². The molecule has 1 amide bonds. The molecule has 0 spiro atoms. The number of rotatable bonds is 2. The molecule has 0 aliphatic heterocycles. The summed E-state index contributed by atoms with van der Waals surface area (Å²) in [6, 6.07) is 2.21. The lowest BCUT2D eigenvalue weighted by molar-refractivity contribution is -0.118. The lowest BCUT2D eigenvalue weighted by Crippen LogP contribution is -2.23. The summed E-state index contributed by atoms with van der Waals surface area (Å²) in [6.07, 6.45) is 7.47. The van der Waals surface area contributed by atoms with Crippen molar-refractivity contribution in [3.8, 4) is 6.07 Å². The standard InChI is InChI=1S/C14H15N3OS/c15-7-11-10-2-1-3-12(10)19-14(11)17-13(18)8-4-5-9(16)6-8/h4-5,8-9H,1-3,6,16H2,(H,17,18). The van der Waals surface area contributed by atoms with Crippen molar-refractivity contribution in [2.75, 3.05) is 5.32 Å². The number of thiophene rings is 1. The van der Waals surface area contributed by atoms with Gasteiger partial charge in [-0.2, -0.15) is 5.26 Å². The Hall–Kier alpha value is -1.64. The Morgan fingerprint density at radius 3 is 3.00 bits per heavy atom. The number of fused-ring (bicyclic) bond motifs is 1. The van der Waals surface area contributed by atoms with Crippen LogP contribution in [0.5, 0.6) is 0 Å². The maximum atomic E-state index is 12.1. The number of nitrogens with zero attached hydrogens (tertiary/aromatic N) is 1. The van der Waals surface area contributed by atoms with Crippen LogP contribution < -0.4 is 11.1 Å². The zero-order valence-corrected chi connectivity index (χ0v) is 11.3. The summed E-state index contributed by atoms with van der Waals surface area (Å²) in [7, 11) is 0. The van der Waals surface area contributed by atoms with Gasteiger partial charge in [0.05, 0.1) is 11.5 Å². The van der Waals surface area contributed by atoms with Crippen molar-refractivity contribution in [2.24, 2.45) is 11.7 Å². The van der Waals surface area contributed by atoms with Crippen molar-refractivity contribution >= 4 is 22.2 Å². The van der Waals surface area contributed by atoms with E-state index >= 15 is 0 Å². The van der Waals surface area contributed by atoms with Crippen LogP contribution in [0.2, 0.25) is 0 Å². The largest absolute Gasteiger partial charge is 0.324 e. The normalized spacial score (nSPS) is 24.2. The fourth-order valence-corrected chi connectivity index (χ4v) is 3.98. The summed E-state index contributed by atoms with van der Waals surface area (Å²) in [5, 5.41) is 12.9. The number of nitriles is 1. The van der Waals surface area contributed by atoms with E-state index < -0.39 is 0 Å². The van der Waals surface area contributed by atoms with Crippen LogP contribution in [0.25, 0.3) is 0 Å². The Bertz CT molecular complexity index is 597. The lowest BCUT2D eigenvalue weighted by Gasteiger charge is -2.09. The van der Waals surface area contributed by atoms with Gasteiger partial charge in [-0.1, -0.05) is 12.2 Å². The smallest absolute Gasteiger partial charge is 0.232 e. The van der Waals surface area contributed by atoms with E-state index in [-0.39, 0.29) is 17.9 Å². The second-order valence-electron chi connectivity index (χ2n) is 5.05. The first-order chi connectivity index (χ1) is 9.19. The van der Waals surface area contributed by atoms with Crippen LogP contribution in [0.15, 0.2) is 12.2 Å². The molecule has 0 fully saturated rings. The van der Waals surface area contributed by atoms with Gasteiger partial charge < -0.3 is 11.1 Å². The van der Waals surface area contributed by atoms with Crippen LogP contribution >= 0.6 is 11.3 Å². The predicted octanol–water partition coefficient (Wildman–Crippen LogP) is 1.95. The van der Waals surface area contributed by atoms with Gasteiger partial charge in [-0.05, 0) is 31.2 Å². The van der Waals surface area contributed by atoms with Crippen LogP contribution in [-0.2, 0) is 17.6 Å². The van der Waals surface area contributed by atoms with Crippen molar-refractivity contribution < 1.29 is 4.79 Å². The van der Waals surface area contributed by atoms with Gasteiger partial charge in [0.15, 0.2) is 0 Å². The number of aryl methyl sites for hydroxylation is 1. The first-order valence-corrected chi connectivity index (χ1v) is 7.30. The fraction of sp³-hybridized carbons (Fsp3) is 0.429. The number of nitrogens with two attached hydrogens (primary N) is 1. The summed E-state index contributed by atoms with van der Waals surface area (Å²) < 4.78 is 0. The molecule has 1 aromatic heterocycles. The Morgan fingerprint density at radius 1 is 1.47 bits per heavy atom. The molecule has 0 radical (unpaired) electrons. The number of nitrogens with one attached hydrogen (secondary N) is 1. The molecule has 5 heteroatoms. The second-order valence-corrected chi connectivity index (χ2v) is 6.16. The Morgan fingerprint density at radius 2 is 2.32 bits per heavy atom. The molecule has 3 rings (SSSR count). The minimum absolute atomic E-state index is 0.0282. The van der Waals surface area contributed by atoms with Crippen LogP contribution in [-0.4, -0.2) is 11.9 Å². The fourth-order valence-electron chi connectivity index (χ4n) is 2.74. The summed E-state index contributed by atoms with van der Waals surface area (Å²) in [6.45, 7) is 0. The van der Waals surface area contributed by atoms with Gasteiger partial charge in [0, 0.05) is 10.9 Å². The number of carbonyl (C=O) groups excluding carboxylic acids is 1. The number of amides is 1. The van der Waals surface area contributed by atoms with E-state index in [2.05, 4.69) is 11.4 Å². The number of anilines is 1. The average molecular weight is 273 g/mol. The van der Waals surface area contributed by atoms with E-state index in [1.54, 1.807) is 11.3 Å². The monoisotopic (exact) mass is 273 g/mol. The molecule has 19 heavy (non-hydrogen) atoms. The van der Waals surface area contributed by atoms with Gasteiger partial charge in [0.25, 0.3) is 0 Å². The molecule has 98 valence electrons. The molecular formula is C14H15N3OS. The molecule has 0 aromatic carbocycles. The molecule has 1 aromatic rings. The minimum Gasteiger partial charge on any atom is -0.324 e. The van der Waals surface area contributed by atoms with Crippen molar-refractivity contribution in [1.82, 2.24) is 0 Å². The Labute approximate surface area is 115 Å². The van der Waals surface area contributed by atoms with Crippen LogP contribution in [0.1, 0.15) is 28.8 Å². The summed E-state index contributed by atoms with van der Waals surface area (Å²) in [5.74, 6) is -0.223. The minimum atomic E-state index is -0.168. The SMILES string of the molecule is N#Cc1c(NC(=O)C2C=CC(N)C2)sc2c1CCC2. The molecule has 2 unspecified atom stereocenters. The molecule has 2 aliphatic rings. The lowest BCUT2D eigenvalue weighted by atomic mass is 10.1. The molecule has 2 aliphatic carbocycles. The highest BCUT2D eigenvalue weighted by molar-refractivity contribution is 7.16. The van der Waals surface area contributed by atoms with Crippen LogP contribution in [0.4, 0.5) is 5.00 Å². The maximum Gasteiger partial charge on any atom is 0.232 e. The molecule has 4 nitrogen and oxygen atoms in total. The van der Waals surface area contributed by atoms with Crippen molar-refractivity contribution in [3.05, 3.63) is 28.2 Å². The van der Waals surface area contributed by atoms with E-state index in [0.29, 0.717) is 17.0 Å². The van der Waals surface area contributed by atoms with E-state index in [1.165, 1.54) is 4.88 Å². The quantitative estimate of drug-likeness (QED) is 0.808. The predicted molar refractivity (Wildman–Crippen MR) is 74.9 cm³/mol. The first kappa shape index (κ1) is 12.4. The number of hydrogen-bond acceptors (Lipinski definition) is 4. The molecule has 0 saturated carbocycles. The van der Waals surface area contributed by atoms with E-state index in [0.717, 1.165) is 24.8 Å². The van der Waals surface area contributed by atoms with Gasteiger partial charge in [0.2, 0.25) is 5.91 Å². The van der Waals surface area contributed by atoms with Crippen molar-refractivity contribution in [1.29, 1.82) is 5.26 Å². The average Bonchev–Trinajstić information content (AvgIpc) is 3.04.